The van der Waals surface area contributed by atoms with Gasteiger partial charge in [0.25, 0.3) is 0 Å². The summed E-state index contributed by atoms with van der Waals surface area (Å²) < 4.78 is 18.8. The van der Waals surface area contributed by atoms with Gasteiger partial charge in [-0.15, -0.1) is 0 Å². The number of carbonyl (C=O) groups excluding carboxylic acids is 2. The molecule has 0 spiro atoms. The second-order valence-corrected chi connectivity index (χ2v) is 6.44. The lowest BCUT2D eigenvalue weighted by Crippen LogP contribution is -2.33. The maximum atomic E-state index is 13.6. The van der Waals surface area contributed by atoms with E-state index in [1.165, 1.54) is 35.2 Å². The number of cyclic esters (lactones) is 1. The third-order valence-corrected chi connectivity index (χ3v) is 4.34. The van der Waals surface area contributed by atoms with E-state index in [1.54, 1.807) is 18.2 Å². The molecular weight excluding hydrogens is 380 g/mol. The number of hydrogen-bond donors (Lipinski definition) is 4. The van der Waals surface area contributed by atoms with Crippen LogP contribution in [-0.2, 0) is 9.53 Å². The standard InChI is InChI=1S/C19H19BFN3O5/c21-16-9-14(6-7-17(16)22)24-11-15(29-19(24)26)10-23-18(25)8-3-12-1-4-13(5-2-12)20(27)28/h1-9,15,27-28H,10-11,22H2,(H,23,25)/b8-3+/t15-/m0/s1. The Labute approximate surface area is 166 Å². The van der Waals surface area contributed by atoms with Crippen LogP contribution >= 0.6 is 0 Å². The number of nitrogens with one attached hydrogen (secondary N) is 1. The summed E-state index contributed by atoms with van der Waals surface area (Å²) in [7, 11) is -1.55. The summed E-state index contributed by atoms with van der Waals surface area (Å²) in [5.41, 5.74) is 6.80. The predicted octanol–water partition coefficient (Wildman–Crippen LogP) is 0.242. The molecule has 0 aromatic heterocycles. The molecular formula is C19H19BFN3O5. The minimum absolute atomic E-state index is 0.0147. The van der Waals surface area contributed by atoms with Crippen LogP contribution in [0.2, 0.25) is 0 Å². The molecule has 29 heavy (non-hydrogen) atoms. The van der Waals surface area contributed by atoms with Gasteiger partial charge in [0.15, 0.2) is 0 Å². The molecule has 1 heterocycles. The van der Waals surface area contributed by atoms with Gasteiger partial charge in [0, 0.05) is 6.08 Å². The van der Waals surface area contributed by atoms with Crippen molar-refractivity contribution in [1.29, 1.82) is 0 Å². The number of amides is 2. The predicted molar refractivity (Wildman–Crippen MR) is 107 cm³/mol. The average Bonchev–Trinajstić information content (AvgIpc) is 3.08. The van der Waals surface area contributed by atoms with E-state index in [9.17, 15) is 14.0 Å². The number of hydrogen-bond acceptors (Lipinski definition) is 6. The highest BCUT2D eigenvalue weighted by Crippen LogP contribution is 2.24. The summed E-state index contributed by atoms with van der Waals surface area (Å²) in [5.74, 6) is -1.01. The SMILES string of the molecule is Nc1ccc(N2C[C@H](CNC(=O)/C=C/c3ccc(B(O)O)cc3)OC2=O)cc1F. The molecule has 8 nitrogen and oxygen atoms in total. The van der Waals surface area contributed by atoms with Gasteiger partial charge in [-0.25, -0.2) is 9.18 Å². The number of rotatable bonds is 6. The number of anilines is 2. The first-order valence-corrected chi connectivity index (χ1v) is 8.78. The van der Waals surface area contributed by atoms with Crippen LogP contribution in [0.25, 0.3) is 6.08 Å². The van der Waals surface area contributed by atoms with Crippen LogP contribution in [0.5, 0.6) is 0 Å². The molecule has 0 unspecified atom stereocenters. The molecule has 2 amide bonds. The molecule has 2 aromatic rings. The molecule has 0 bridgehead atoms. The molecule has 150 valence electrons. The Morgan fingerprint density at radius 1 is 1.31 bits per heavy atom. The van der Waals surface area contributed by atoms with Crippen molar-refractivity contribution in [2.75, 3.05) is 23.7 Å². The Morgan fingerprint density at radius 2 is 2.03 bits per heavy atom. The summed E-state index contributed by atoms with van der Waals surface area (Å²) in [6, 6.07) is 10.4. The Morgan fingerprint density at radius 3 is 2.69 bits per heavy atom. The molecule has 1 atom stereocenters. The minimum atomic E-state index is -1.55. The summed E-state index contributed by atoms with van der Waals surface area (Å²) in [6.07, 6.45) is 1.67. The Hall–Kier alpha value is -3.37. The van der Waals surface area contributed by atoms with Crippen molar-refractivity contribution < 1.29 is 28.8 Å². The van der Waals surface area contributed by atoms with Gasteiger partial charge in [-0.3, -0.25) is 9.69 Å². The first-order chi connectivity index (χ1) is 13.8. The second-order valence-electron chi connectivity index (χ2n) is 6.44. The minimum Gasteiger partial charge on any atom is -0.442 e. The fourth-order valence-corrected chi connectivity index (χ4v) is 2.75. The van der Waals surface area contributed by atoms with Crippen molar-refractivity contribution in [3.8, 4) is 0 Å². The number of nitrogens with two attached hydrogens (primary N) is 1. The molecule has 1 fully saturated rings. The monoisotopic (exact) mass is 399 g/mol. The zero-order chi connectivity index (χ0) is 21.0. The van der Waals surface area contributed by atoms with Gasteiger partial charge >= 0.3 is 13.2 Å². The average molecular weight is 399 g/mol. The number of benzene rings is 2. The van der Waals surface area contributed by atoms with E-state index in [1.807, 2.05) is 0 Å². The maximum Gasteiger partial charge on any atom is 0.488 e. The molecule has 5 N–H and O–H groups in total. The maximum absolute atomic E-state index is 13.6. The second kappa shape index (κ2) is 8.76. The van der Waals surface area contributed by atoms with Crippen LogP contribution in [0.4, 0.5) is 20.6 Å². The van der Waals surface area contributed by atoms with Crippen molar-refractivity contribution in [3.05, 3.63) is 59.9 Å². The molecule has 0 radical (unpaired) electrons. The summed E-state index contributed by atoms with van der Waals surface area (Å²) in [6.45, 7) is 0.260. The fraction of sp³-hybridized carbons (Fsp3) is 0.158. The molecule has 0 saturated carbocycles. The van der Waals surface area contributed by atoms with Gasteiger partial charge in [-0.1, -0.05) is 24.3 Å². The van der Waals surface area contributed by atoms with E-state index < -0.39 is 25.1 Å². The third kappa shape index (κ3) is 5.12. The van der Waals surface area contributed by atoms with Crippen molar-refractivity contribution >= 4 is 42.0 Å². The first kappa shape index (κ1) is 20.4. The first-order valence-electron chi connectivity index (χ1n) is 8.78. The fourth-order valence-electron chi connectivity index (χ4n) is 2.75. The zero-order valence-corrected chi connectivity index (χ0v) is 15.3. The highest BCUT2D eigenvalue weighted by atomic mass is 19.1. The zero-order valence-electron chi connectivity index (χ0n) is 15.3. The lowest BCUT2D eigenvalue weighted by Gasteiger charge is -2.13. The van der Waals surface area contributed by atoms with E-state index in [0.29, 0.717) is 16.7 Å². The number of nitrogen functional groups attached to an aromatic ring is 1. The van der Waals surface area contributed by atoms with Gasteiger partial charge in [-0.05, 0) is 35.3 Å². The van der Waals surface area contributed by atoms with Crippen molar-refractivity contribution in [2.45, 2.75) is 6.10 Å². The van der Waals surface area contributed by atoms with Gasteiger partial charge in [-0.2, -0.15) is 0 Å². The molecule has 10 heteroatoms. The van der Waals surface area contributed by atoms with E-state index in [0.717, 1.165) is 6.07 Å². The van der Waals surface area contributed by atoms with Gasteiger partial charge in [0.1, 0.15) is 11.9 Å². The molecule has 1 saturated heterocycles. The smallest absolute Gasteiger partial charge is 0.442 e. The van der Waals surface area contributed by atoms with Crippen LogP contribution < -0.4 is 21.4 Å². The molecule has 3 rings (SSSR count). The molecule has 0 aliphatic carbocycles. The Kier molecular flexibility index (Phi) is 6.15. The van der Waals surface area contributed by atoms with Crippen LogP contribution in [0, 0.1) is 5.82 Å². The van der Waals surface area contributed by atoms with Crippen molar-refractivity contribution in [2.24, 2.45) is 0 Å². The topological polar surface area (TPSA) is 125 Å². The lowest BCUT2D eigenvalue weighted by atomic mass is 9.80. The van der Waals surface area contributed by atoms with Crippen molar-refractivity contribution in [3.63, 3.8) is 0 Å². The molecule has 1 aliphatic rings. The Balaban J connectivity index is 1.51. The number of carbonyl (C=O) groups is 2. The van der Waals surface area contributed by atoms with Gasteiger partial charge in [0.05, 0.1) is 24.5 Å². The lowest BCUT2D eigenvalue weighted by molar-refractivity contribution is -0.116. The highest BCUT2D eigenvalue weighted by molar-refractivity contribution is 6.58. The highest BCUT2D eigenvalue weighted by Gasteiger charge is 2.32. The third-order valence-electron chi connectivity index (χ3n) is 4.34. The quantitative estimate of drug-likeness (QED) is 0.313. The number of halogens is 1. The van der Waals surface area contributed by atoms with Gasteiger partial charge in [0.2, 0.25) is 5.91 Å². The van der Waals surface area contributed by atoms with Crippen LogP contribution in [0.15, 0.2) is 48.5 Å². The molecule has 1 aliphatic heterocycles. The van der Waals surface area contributed by atoms with E-state index >= 15 is 0 Å². The van der Waals surface area contributed by atoms with Crippen LogP contribution in [0.3, 0.4) is 0 Å². The van der Waals surface area contributed by atoms with Crippen LogP contribution in [0.1, 0.15) is 5.56 Å². The van der Waals surface area contributed by atoms with Gasteiger partial charge < -0.3 is 25.8 Å². The summed E-state index contributed by atoms with van der Waals surface area (Å²) >= 11 is 0. The summed E-state index contributed by atoms with van der Waals surface area (Å²) in [5, 5.41) is 20.7. The number of ether oxygens (including phenoxy) is 1. The largest absolute Gasteiger partial charge is 0.488 e. The normalized spacial score (nSPS) is 16.2. The summed E-state index contributed by atoms with van der Waals surface area (Å²) in [4.78, 5) is 25.2. The van der Waals surface area contributed by atoms with E-state index in [2.05, 4.69) is 5.32 Å². The van der Waals surface area contributed by atoms with E-state index in [4.69, 9.17) is 20.5 Å². The molecule has 2 aromatic carbocycles. The Bertz CT molecular complexity index is 936. The van der Waals surface area contributed by atoms with Crippen molar-refractivity contribution in [1.82, 2.24) is 5.32 Å². The van der Waals surface area contributed by atoms with Crippen LogP contribution in [-0.4, -0.2) is 48.4 Å². The van der Waals surface area contributed by atoms with E-state index in [-0.39, 0.29) is 24.7 Å². The number of nitrogens with zero attached hydrogens (tertiary/aromatic N) is 1.